The standard InChI is InChI=1S/C20H25NO3/c1-23-24-20-9-6-19(7-10-20,8-11-20)21-14-15-2-3-17-13-18(22)5-4-16(17)12-15/h2-5,12-13,21-22H,6-11,14H2,1H3. The van der Waals surface area contributed by atoms with E-state index in [1.165, 1.54) is 10.9 Å². The van der Waals surface area contributed by atoms with E-state index in [1.54, 1.807) is 13.2 Å². The summed E-state index contributed by atoms with van der Waals surface area (Å²) in [5.41, 5.74) is 1.50. The second-order valence-corrected chi connectivity index (χ2v) is 7.43. The Bertz CT molecular complexity index is 718. The van der Waals surface area contributed by atoms with Crippen molar-refractivity contribution in [1.82, 2.24) is 5.32 Å². The molecule has 3 aliphatic rings. The van der Waals surface area contributed by atoms with Crippen LogP contribution in [-0.4, -0.2) is 23.4 Å². The number of aromatic hydroxyl groups is 1. The highest BCUT2D eigenvalue weighted by Gasteiger charge is 2.49. The highest BCUT2D eigenvalue weighted by molar-refractivity contribution is 5.84. The van der Waals surface area contributed by atoms with Gasteiger partial charge in [-0.1, -0.05) is 18.2 Å². The maximum atomic E-state index is 9.57. The van der Waals surface area contributed by atoms with Crippen molar-refractivity contribution in [3.05, 3.63) is 42.0 Å². The van der Waals surface area contributed by atoms with Crippen LogP contribution in [0.15, 0.2) is 36.4 Å². The molecular formula is C20H25NO3. The molecule has 3 fully saturated rings. The number of phenols is 1. The number of rotatable bonds is 5. The third-order valence-corrected chi connectivity index (χ3v) is 5.99. The van der Waals surface area contributed by atoms with Gasteiger partial charge in [-0.05, 0) is 73.1 Å². The van der Waals surface area contributed by atoms with Gasteiger partial charge in [0.2, 0.25) is 0 Å². The van der Waals surface area contributed by atoms with E-state index in [0.717, 1.165) is 50.5 Å². The molecule has 24 heavy (non-hydrogen) atoms. The molecule has 2 aromatic rings. The van der Waals surface area contributed by atoms with Crippen LogP contribution in [0.3, 0.4) is 0 Å². The number of hydrogen-bond donors (Lipinski definition) is 2. The van der Waals surface area contributed by atoms with Crippen LogP contribution in [0.25, 0.3) is 10.8 Å². The van der Waals surface area contributed by atoms with Crippen molar-refractivity contribution in [2.24, 2.45) is 0 Å². The lowest BCUT2D eigenvalue weighted by Gasteiger charge is -2.52. The molecule has 2 bridgehead atoms. The minimum absolute atomic E-state index is 0.0386. The molecule has 0 atom stereocenters. The Balaban J connectivity index is 1.43. The summed E-state index contributed by atoms with van der Waals surface area (Å²) in [6.07, 6.45) is 6.67. The van der Waals surface area contributed by atoms with Gasteiger partial charge in [-0.3, -0.25) is 0 Å². The van der Waals surface area contributed by atoms with Gasteiger partial charge >= 0.3 is 0 Å². The van der Waals surface area contributed by atoms with E-state index in [1.807, 2.05) is 12.1 Å². The fourth-order valence-corrected chi connectivity index (χ4v) is 4.40. The van der Waals surface area contributed by atoms with E-state index in [2.05, 4.69) is 23.5 Å². The van der Waals surface area contributed by atoms with Crippen molar-refractivity contribution in [1.29, 1.82) is 0 Å². The zero-order valence-electron chi connectivity index (χ0n) is 14.2. The second-order valence-electron chi connectivity index (χ2n) is 7.43. The third kappa shape index (κ3) is 2.90. The van der Waals surface area contributed by atoms with Crippen LogP contribution in [-0.2, 0) is 16.3 Å². The molecule has 3 saturated carbocycles. The number of fused-ring (bicyclic) bond motifs is 4. The Morgan fingerprint density at radius 3 is 2.33 bits per heavy atom. The van der Waals surface area contributed by atoms with Gasteiger partial charge < -0.3 is 10.4 Å². The van der Waals surface area contributed by atoms with Gasteiger partial charge in [0.05, 0.1) is 7.11 Å². The van der Waals surface area contributed by atoms with E-state index < -0.39 is 0 Å². The molecule has 0 amide bonds. The Morgan fingerprint density at radius 2 is 1.62 bits per heavy atom. The fourth-order valence-electron chi connectivity index (χ4n) is 4.40. The lowest BCUT2D eigenvalue weighted by Crippen LogP contribution is -2.57. The molecule has 0 radical (unpaired) electrons. The molecule has 0 aromatic heterocycles. The number of nitrogens with one attached hydrogen (secondary N) is 1. The molecule has 128 valence electrons. The third-order valence-electron chi connectivity index (χ3n) is 5.99. The van der Waals surface area contributed by atoms with Crippen LogP contribution in [0.1, 0.15) is 44.1 Å². The molecule has 0 unspecified atom stereocenters. The van der Waals surface area contributed by atoms with Crippen molar-refractivity contribution in [2.45, 2.75) is 56.2 Å². The van der Waals surface area contributed by atoms with Crippen LogP contribution in [0, 0.1) is 0 Å². The SMILES string of the molecule is COOC12CCC(NCc3ccc4cc(O)ccc4c3)(CC1)CC2. The molecule has 3 aliphatic carbocycles. The quantitative estimate of drug-likeness (QED) is 0.642. The number of benzene rings is 2. The lowest BCUT2D eigenvalue weighted by atomic mass is 9.63. The van der Waals surface area contributed by atoms with Gasteiger partial charge in [0.15, 0.2) is 0 Å². The maximum absolute atomic E-state index is 9.57. The van der Waals surface area contributed by atoms with Gasteiger partial charge in [0.25, 0.3) is 0 Å². The van der Waals surface area contributed by atoms with E-state index in [0.29, 0.717) is 5.75 Å². The summed E-state index contributed by atoms with van der Waals surface area (Å²) in [6, 6.07) is 12.0. The summed E-state index contributed by atoms with van der Waals surface area (Å²) in [7, 11) is 1.61. The summed E-state index contributed by atoms with van der Waals surface area (Å²) >= 11 is 0. The first-order chi connectivity index (χ1) is 11.6. The van der Waals surface area contributed by atoms with E-state index >= 15 is 0 Å². The van der Waals surface area contributed by atoms with Gasteiger partial charge in [-0.2, -0.15) is 0 Å². The molecule has 2 aromatic carbocycles. The largest absolute Gasteiger partial charge is 0.508 e. The molecule has 4 nitrogen and oxygen atoms in total. The van der Waals surface area contributed by atoms with Crippen LogP contribution < -0.4 is 5.32 Å². The molecular weight excluding hydrogens is 302 g/mol. The predicted octanol–water partition coefficient (Wildman–Crippen LogP) is 4.06. The van der Waals surface area contributed by atoms with Crippen LogP contribution in [0.5, 0.6) is 5.75 Å². The molecule has 0 spiro atoms. The van der Waals surface area contributed by atoms with Crippen LogP contribution >= 0.6 is 0 Å². The van der Waals surface area contributed by atoms with Crippen molar-refractivity contribution in [3.8, 4) is 5.75 Å². The molecule has 0 aliphatic heterocycles. The first-order valence-corrected chi connectivity index (χ1v) is 8.81. The van der Waals surface area contributed by atoms with Crippen LogP contribution in [0.4, 0.5) is 0 Å². The molecule has 2 N–H and O–H groups in total. The van der Waals surface area contributed by atoms with Gasteiger partial charge in [-0.25, -0.2) is 9.78 Å². The normalized spacial score (nSPS) is 29.2. The zero-order valence-corrected chi connectivity index (χ0v) is 14.2. The minimum Gasteiger partial charge on any atom is -0.508 e. The number of hydrogen-bond acceptors (Lipinski definition) is 4. The summed E-state index contributed by atoms with van der Waals surface area (Å²) in [6.45, 7) is 0.884. The molecule has 0 saturated heterocycles. The van der Waals surface area contributed by atoms with E-state index in [-0.39, 0.29) is 11.1 Å². The minimum atomic E-state index is -0.0386. The van der Waals surface area contributed by atoms with Crippen molar-refractivity contribution in [2.75, 3.05) is 7.11 Å². The number of phenolic OH excluding ortho intramolecular Hbond substituents is 1. The van der Waals surface area contributed by atoms with Crippen LogP contribution in [0.2, 0.25) is 0 Å². The summed E-state index contributed by atoms with van der Waals surface area (Å²) in [4.78, 5) is 10.5. The first kappa shape index (κ1) is 15.9. The average molecular weight is 327 g/mol. The van der Waals surface area contributed by atoms with Gasteiger partial charge in [0, 0.05) is 12.1 Å². The Morgan fingerprint density at radius 1 is 0.958 bits per heavy atom. The molecule has 5 rings (SSSR count). The van der Waals surface area contributed by atoms with Gasteiger partial charge in [-0.15, -0.1) is 0 Å². The second kappa shape index (κ2) is 6.03. The summed E-state index contributed by atoms with van der Waals surface area (Å²) < 4.78 is 0. The zero-order chi connectivity index (χ0) is 16.6. The molecule has 4 heteroatoms. The van der Waals surface area contributed by atoms with E-state index in [4.69, 9.17) is 9.78 Å². The van der Waals surface area contributed by atoms with Gasteiger partial charge in [0.1, 0.15) is 11.4 Å². The first-order valence-electron chi connectivity index (χ1n) is 8.81. The predicted molar refractivity (Wildman–Crippen MR) is 93.7 cm³/mol. The average Bonchev–Trinajstić information content (AvgIpc) is 2.62. The highest BCUT2D eigenvalue weighted by Crippen LogP contribution is 2.48. The Labute approximate surface area is 142 Å². The summed E-state index contributed by atoms with van der Waals surface area (Å²) in [5, 5.41) is 15.6. The monoisotopic (exact) mass is 327 g/mol. The Kier molecular flexibility index (Phi) is 3.99. The van der Waals surface area contributed by atoms with E-state index in [9.17, 15) is 5.11 Å². The summed E-state index contributed by atoms with van der Waals surface area (Å²) in [5.74, 6) is 0.318. The van der Waals surface area contributed by atoms with Crippen molar-refractivity contribution in [3.63, 3.8) is 0 Å². The topological polar surface area (TPSA) is 50.7 Å². The Hall–Kier alpha value is -1.62. The van der Waals surface area contributed by atoms with Crippen molar-refractivity contribution < 1.29 is 14.9 Å². The highest BCUT2D eigenvalue weighted by atomic mass is 17.2. The molecule has 0 heterocycles. The fraction of sp³-hybridized carbons (Fsp3) is 0.500. The lowest BCUT2D eigenvalue weighted by molar-refractivity contribution is -0.362. The smallest absolute Gasteiger partial charge is 0.116 e. The van der Waals surface area contributed by atoms with Crippen molar-refractivity contribution >= 4 is 10.8 Å². The maximum Gasteiger partial charge on any atom is 0.116 e.